The molecule has 0 radical (unpaired) electrons. The summed E-state index contributed by atoms with van der Waals surface area (Å²) in [5, 5.41) is 10.1. The summed E-state index contributed by atoms with van der Waals surface area (Å²) < 4.78 is 0. The van der Waals surface area contributed by atoms with Crippen LogP contribution in [0.1, 0.15) is 284 Å². The maximum Gasteiger partial charge on any atom is 0.105 e. The molecule has 0 aromatic rings. The monoisotopic (exact) mass is 678 g/mol. The normalized spacial score (nSPS) is 12.4. The quantitative estimate of drug-likeness (QED) is 0.0498. The van der Waals surface area contributed by atoms with Gasteiger partial charge in [-0.2, -0.15) is 0 Å². The smallest absolute Gasteiger partial charge is 0.105 e. The molecule has 2 heteroatoms. The van der Waals surface area contributed by atoms with Crippen LogP contribution in [0.15, 0.2) is 0 Å². The minimum atomic E-state index is -0.620. The van der Waals surface area contributed by atoms with Crippen molar-refractivity contribution in [3.05, 3.63) is 0 Å². The summed E-state index contributed by atoms with van der Waals surface area (Å²) in [4.78, 5) is 0. The third-order valence-corrected chi connectivity index (χ3v) is 11.3. The number of nitrogens with two attached hydrogens (primary N) is 1. The van der Waals surface area contributed by atoms with E-state index in [9.17, 15) is 5.11 Å². The molecular formula is C46H95NO. The Balaban J connectivity index is 3.33. The van der Waals surface area contributed by atoms with E-state index in [0.29, 0.717) is 5.92 Å². The Morgan fingerprint density at radius 1 is 0.271 bits per heavy atom. The van der Waals surface area contributed by atoms with E-state index in [2.05, 4.69) is 13.8 Å². The molecule has 0 fully saturated rings. The number of hydrogen-bond acceptors (Lipinski definition) is 2. The van der Waals surface area contributed by atoms with Crippen molar-refractivity contribution in [3.63, 3.8) is 0 Å². The van der Waals surface area contributed by atoms with Crippen LogP contribution in [-0.4, -0.2) is 11.3 Å². The van der Waals surface area contributed by atoms with E-state index in [4.69, 9.17) is 5.73 Å². The van der Waals surface area contributed by atoms with Crippen molar-refractivity contribution in [1.82, 2.24) is 0 Å². The lowest BCUT2D eigenvalue weighted by molar-refractivity contribution is 0.0997. The Hall–Kier alpha value is -0.0800. The van der Waals surface area contributed by atoms with Gasteiger partial charge in [0, 0.05) is 0 Å². The van der Waals surface area contributed by atoms with E-state index in [0.717, 1.165) is 12.8 Å². The van der Waals surface area contributed by atoms with Gasteiger partial charge in [0.2, 0.25) is 0 Å². The second-order valence-electron chi connectivity index (χ2n) is 16.3. The highest BCUT2D eigenvalue weighted by Crippen LogP contribution is 2.22. The molecule has 48 heavy (non-hydrogen) atoms. The Kier molecular flexibility index (Phi) is 43.0. The van der Waals surface area contributed by atoms with Crippen molar-refractivity contribution < 1.29 is 5.11 Å². The molecule has 1 atom stereocenters. The molecule has 0 spiro atoms. The van der Waals surface area contributed by atoms with Gasteiger partial charge in [0.1, 0.15) is 6.23 Å². The van der Waals surface area contributed by atoms with E-state index in [1.807, 2.05) is 0 Å². The lowest BCUT2D eigenvalue weighted by atomic mass is 9.93. The molecule has 0 saturated carbocycles. The molecule has 290 valence electrons. The molecule has 0 bridgehead atoms. The first kappa shape index (κ1) is 47.9. The van der Waals surface area contributed by atoms with Crippen molar-refractivity contribution in [1.29, 1.82) is 0 Å². The summed E-state index contributed by atoms with van der Waals surface area (Å²) in [6.45, 7) is 4.61. The Morgan fingerprint density at radius 3 is 0.562 bits per heavy atom. The molecule has 0 aliphatic carbocycles. The fourth-order valence-corrected chi connectivity index (χ4v) is 7.81. The molecular weight excluding hydrogens is 583 g/mol. The van der Waals surface area contributed by atoms with Crippen LogP contribution < -0.4 is 5.73 Å². The predicted molar refractivity (Wildman–Crippen MR) is 219 cm³/mol. The molecule has 0 amide bonds. The minimum absolute atomic E-state index is 0.316. The van der Waals surface area contributed by atoms with Gasteiger partial charge in [-0.3, -0.25) is 0 Å². The predicted octanol–water partition coefficient (Wildman–Crippen LogP) is 16.3. The van der Waals surface area contributed by atoms with Crippen molar-refractivity contribution in [2.75, 3.05) is 0 Å². The standard InChI is InChI=1S/C46H95NO/c1-3-5-7-9-11-13-15-17-19-21-23-25-27-29-31-33-35-37-39-41-43-45(46(47)48)44-42-40-38-36-34-32-30-28-26-24-22-20-18-16-14-12-10-8-6-4-2/h45-46,48H,3-44,47H2,1-2H3. The zero-order valence-corrected chi connectivity index (χ0v) is 33.9. The second kappa shape index (κ2) is 43.1. The summed E-state index contributed by atoms with van der Waals surface area (Å²) in [5.41, 5.74) is 5.96. The van der Waals surface area contributed by atoms with Crippen LogP contribution in [0.4, 0.5) is 0 Å². The summed E-state index contributed by atoms with van der Waals surface area (Å²) in [6.07, 6.45) is 58.7. The van der Waals surface area contributed by atoms with Gasteiger partial charge >= 0.3 is 0 Å². The average Bonchev–Trinajstić information content (AvgIpc) is 3.08. The van der Waals surface area contributed by atoms with E-state index >= 15 is 0 Å². The topological polar surface area (TPSA) is 46.2 Å². The zero-order valence-electron chi connectivity index (χ0n) is 33.9. The summed E-state index contributed by atoms with van der Waals surface area (Å²) in [6, 6.07) is 0. The minimum Gasteiger partial charge on any atom is -0.379 e. The first-order chi connectivity index (χ1) is 23.7. The molecule has 2 nitrogen and oxygen atoms in total. The first-order valence-electron chi connectivity index (χ1n) is 23.2. The van der Waals surface area contributed by atoms with Crippen molar-refractivity contribution in [2.45, 2.75) is 290 Å². The Labute approximate surface area is 305 Å². The van der Waals surface area contributed by atoms with Crippen LogP contribution in [0.2, 0.25) is 0 Å². The van der Waals surface area contributed by atoms with E-state index in [1.54, 1.807) is 0 Å². The molecule has 0 aromatic heterocycles. The van der Waals surface area contributed by atoms with Gasteiger partial charge in [0.15, 0.2) is 0 Å². The zero-order chi connectivity index (χ0) is 34.9. The van der Waals surface area contributed by atoms with Gasteiger partial charge in [-0.25, -0.2) is 0 Å². The number of hydrogen-bond donors (Lipinski definition) is 2. The molecule has 1 unspecified atom stereocenters. The van der Waals surface area contributed by atoms with Crippen LogP contribution in [0.25, 0.3) is 0 Å². The first-order valence-corrected chi connectivity index (χ1v) is 23.2. The number of unbranched alkanes of at least 4 members (excludes halogenated alkanes) is 38. The summed E-state index contributed by atoms with van der Waals surface area (Å²) in [7, 11) is 0. The second-order valence-corrected chi connectivity index (χ2v) is 16.3. The largest absolute Gasteiger partial charge is 0.379 e. The van der Waals surface area contributed by atoms with E-state index in [1.165, 1.54) is 257 Å². The highest BCUT2D eigenvalue weighted by molar-refractivity contribution is 4.65. The molecule has 3 N–H and O–H groups in total. The summed E-state index contributed by atoms with van der Waals surface area (Å²) in [5.74, 6) is 0.316. The Morgan fingerprint density at radius 2 is 0.417 bits per heavy atom. The fraction of sp³-hybridized carbons (Fsp3) is 1.00. The van der Waals surface area contributed by atoms with Crippen LogP contribution in [0.5, 0.6) is 0 Å². The number of rotatable bonds is 43. The van der Waals surface area contributed by atoms with Crippen molar-refractivity contribution >= 4 is 0 Å². The van der Waals surface area contributed by atoms with Crippen molar-refractivity contribution in [2.24, 2.45) is 11.7 Å². The number of aliphatic hydroxyl groups is 1. The lowest BCUT2D eigenvalue weighted by Gasteiger charge is -2.19. The van der Waals surface area contributed by atoms with Crippen molar-refractivity contribution in [3.8, 4) is 0 Å². The molecule has 0 aromatic carbocycles. The number of aliphatic hydroxyl groups excluding tert-OH is 1. The van der Waals surface area contributed by atoms with Gasteiger partial charge in [-0.1, -0.05) is 271 Å². The third kappa shape index (κ3) is 40.4. The highest BCUT2D eigenvalue weighted by atomic mass is 16.3. The van der Waals surface area contributed by atoms with Gasteiger partial charge in [0.05, 0.1) is 0 Å². The maximum absolute atomic E-state index is 10.1. The van der Waals surface area contributed by atoms with Crippen LogP contribution in [0, 0.1) is 5.92 Å². The van der Waals surface area contributed by atoms with Crippen LogP contribution >= 0.6 is 0 Å². The van der Waals surface area contributed by atoms with E-state index in [-0.39, 0.29) is 0 Å². The van der Waals surface area contributed by atoms with Crippen LogP contribution in [0.3, 0.4) is 0 Å². The maximum atomic E-state index is 10.1. The summed E-state index contributed by atoms with van der Waals surface area (Å²) >= 11 is 0. The van der Waals surface area contributed by atoms with Gasteiger partial charge in [-0.15, -0.1) is 0 Å². The molecule has 0 aliphatic heterocycles. The van der Waals surface area contributed by atoms with Gasteiger partial charge in [0.25, 0.3) is 0 Å². The molecule has 0 aliphatic rings. The third-order valence-electron chi connectivity index (χ3n) is 11.3. The fourth-order valence-electron chi connectivity index (χ4n) is 7.81. The average molecular weight is 678 g/mol. The van der Waals surface area contributed by atoms with Crippen LogP contribution in [-0.2, 0) is 0 Å². The molecule has 0 saturated heterocycles. The molecule has 0 rings (SSSR count). The SMILES string of the molecule is CCCCCCCCCCCCCCCCCCCCCCC(CCCCCCCCCCCCCCCCCCCCCC)C(N)O. The Bertz CT molecular complexity index is 504. The molecule has 0 heterocycles. The lowest BCUT2D eigenvalue weighted by Crippen LogP contribution is -2.29. The van der Waals surface area contributed by atoms with Gasteiger partial charge < -0.3 is 10.8 Å². The van der Waals surface area contributed by atoms with Gasteiger partial charge in [-0.05, 0) is 18.8 Å². The van der Waals surface area contributed by atoms with E-state index < -0.39 is 6.23 Å². The highest BCUT2D eigenvalue weighted by Gasteiger charge is 2.14.